The molecule has 0 bridgehead atoms. The van der Waals surface area contributed by atoms with Crippen LogP contribution in [-0.2, 0) is 4.79 Å². The average molecular weight is 530 g/mol. The van der Waals surface area contributed by atoms with E-state index in [2.05, 4.69) is 42.5 Å². The third-order valence-corrected chi connectivity index (χ3v) is 5.15. The second kappa shape index (κ2) is 13.7. The first-order valence-electron chi connectivity index (χ1n) is 11.0. The quantitative estimate of drug-likeness (QED) is 0.231. The van der Waals surface area contributed by atoms with E-state index in [9.17, 15) is 4.79 Å². The molecule has 1 amide bonds. The van der Waals surface area contributed by atoms with Crippen molar-refractivity contribution in [2.24, 2.45) is 10.9 Å². The lowest BCUT2D eigenvalue weighted by Gasteiger charge is -2.34. The predicted molar refractivity (Wildman–Crippen MR) is 135 cm³/mol. The van der Waals surface area contributed by atoms with Gasteiger partial charge in [0.25, 0.3) is 0 Å². The number of aliphatic imine (C=N–C) groups is 1. The Morgan fingerprint density at radius 1 is 1.20 bits per heavy atom. The van der Waals surface area contributed by atoms with Gasteiger partial charge >= 0.3 is 0 Å². The number of guanidine groups is 1. The van der Waals surface area contributed by atoms with E-state index in [1.54, 1.807) is 0 Å². The summed E-state index contributed by atoms with van der Waals surface area (Å²) in [5.74, 6) is 2.52. The SMILES string of the molecule is CCNC(=NCCOc1ccccc1C(C)C)NC1CCN(C(=O)C(C)C)CC1.I. The van der Waals surface area contributed by atoms with Crippen molar-refractivity contribution in [2.45, 2.75) is 59.4 Å². The molecule has 1 aromatic rings. The van der Waals surface area contributed by atoms with E-state index in [-0.39, 0.29) is 35.8 Å². The maximum atomic E-state index is 12.1. The third-order valence-electron chi connectivity index (χ3n) is 5.15. The molecule has 2 rings (SSSR count). The van der Waals surface area contributed by atoms with Crippen LogP contribution in [0.4, 0.5) is 0 Å². The lowest BCUT2D eigenvalue weighted by molar-refractivity contribution is -0.135. The number of benzene rings is 1. The van der Waals surface area contributed by atoms with Gasteiger partial charge in [-0.15, -0.1) is 24.0 Å². The monoisotopic (exact) mass is 530 g/mol. The number of ether oxygens (including phenoxy) is 1. The Kier molecular flexibility index (Phi) is 12.1. The zero-order valence-corrected chi connectivity index (χ0v) is 21.4. The van der Waals surface area contributed by atoms with E-state index in [0.717, 1.165) is 44.2 Å². The summed E-state index contributed by atoms with van der Waals surface area (Å²) < 4.78 is 5.97. The Bertz CT molecular complexity index is 671. The molecule has 30 heavy (non-hydrogen) atoms. The van der Waals surface area contributed by atoms with Crippen molar-refractivity contribution in [1.29, 1.82) is 0 Å². The van der Waals surface area contributed by atoms with Crippen molar-refractivity contribution in [2.75, 3.05) is 32.8 Å². The Morgan fingerprint density at radius 2 is 1.87 bits per heavy atom. The molecular formula is C23H39IN4O2. The van der Waals surface area contributed by atoms with Crippen molar-refractivity contribution in [1.82, 2.24) is 15.5 Å². The van der Waals surface area contributed by atoms with Crippen LogP contribution in [0, 0.1) is 5.92 Å². The third kappa shape index (κ3) is 8.32. The standard InChI is InChI=1S/C23H38N4O2.HI/c1-6-24-23(26-19-11-14-27(15-12-19)22(28)18(4)5)25-13-16-29-21-10-8-7-9-20(21)17(2)3;/h7-10,17-19H,6,11-16H2,1-5H3,(H2,24,25,26);1H. The molecule has 7 heteroatoms. The summed E-state index contributed by atoms with van der Waals surface area (Å²) in [6.45, 7) is 13.9. The Morgan fingerprint density at radius 3 is 2.47 bits per heavy atom. The first-order chi connectivity index (χ1) is 13.9. The topological polar surface area (TPSA) is 66.0 Å². The number of hydrogen-bond acceptors (Lipinski definition) is 3. The number of nitrogens with zero attached hydrogens (tertiary/aromatic N) is 2. The van der Waals surface area contributed by atoms with Crippen molar-refractivity contribution >= 4 is 35.8 Å². The zero-order chi connectivity index (χ0) is 21.2. The number of carbonyl (C=O) groups is 1. The second-order valence-corrected chi connectivity index (χ2v) is 8.20. The van der Waals surface area contributed by atoms with Gasteiger partial charge in [-0.1, -0.05) is 45.9 Å². The molecule has 0 saturated carbocycles. The van der Waals surface area contributed by atoms with E-state index >= 15 is 0 Å². The number of carbonyl (C=O) groups excluding carboxylic acids is 1. The summed E-state index contributed by atoms with van der Waals surface area (Å²) in [5.41, 5.74) is 1.23. The summed E-state index contributed by atoms with van der Waals surface area (Å²) >= 11 is 0. The van der Waals surface area contributed by atoms with E-state index in [1.807, 2.05) is 36.9 Å². The van der Waals surface area contributed by atoms with Gasteiger partial charge in [-0.05, 0) is 37.3 Å². The smallest absolute Gasteiger partial charge is 0.225 e. The maximum absolute atomic E-state index is 12.1. The lowest BCUT2D eigenvalue weighted by atomic mass is 10.0. The van der Waals surface area contributed by atoms with Crippen LogP contribution in [0.2, 0.25) is 0 Å². The molecule has 0 aromatic heterocycles. The minimum atomic E-state index is 0. The minimum absolute atomic E-state index is 0. The van der Waals surface area contributed by atoms with E-state index < -0.39 is 0 Å². The van der Waals surface area contributed by atoms with Gasteiger partial charge in [-0.3, -0.25) is 4.79 Å². The summed E-state index contributed by atoms with van der Waals surface area (Å²) in [7, 11) is 0. The molecule has 1 saturated heterocycles. The molecule has 1 fully saturated rings. The first-order valence-corrected chi connectivity index (χ1v) is 11.0. The van der Waals surface area contributed by atoms with Gasteiger partial charge in [0.2, 0.25) is 5.91 Å². The van der Waals surface area contributed by atoms with E-state index in [0.29, 0.717) is 25.1 Å². The normalized spacial score (nSPS) is 15.2. The maximum Gasteiger partial charge on any atom is 0.225 e. The van der Waals surface area contributed by atoms with Crippen molar-refractivity contribution in [3.63, 3.8) is 0 Å². The zero-order valence-electron chi connectivity index (χ0n) is 19.1. The predicted octanol–water partition coefficient (Wildman–Crippen LogP) is 4.01. The van der Waals surface area contributed by atoms with Gasteiger partial charge in [-0.2, -0.15) is 0 Å². The number of hydrogen-bond donors (Lipinski definition) is 2. The fraction of sp³-hybridized carbons (Fsp3) is 0.652. The highest BCUT2D eigenvalue weighted by Crippen LogP contribution is 2.25. The molecule has 2 N–H and O–H groups in total. The van der Waals surface area contributed by atoms with E-state index in [1.165, 1.54) is 5.56 Å². The molecule has 0 aliphatic carbocycles. The molecule has 1 aliphatic heterocycles. The highest BCUT2D eigenvalue weighted by atomic mass is 127. The fourth-order valence-corrected chi connectivity index (χ4v) is 3.52. The van der Waals surface area contributed by atoms with Crippen LogP contribution in [-0.4, -0.2) is 55.6 Å². The molecule has 1 heterocycles. The molecule has 1 aromatic carbocycles. The molecule has 0 spiro atoms. The number of likely N-dealkylation sites (tertiary alicyclic amines) is 1. The largest absolute Gasteiger partial charge is 0.491 e. The summed E-state index contributed by atoms with van der Waals surface area (Å²) in [5, 5.41) is 6.83. The number of piperidine rings is 1. The number of halogens is 1. The van der Waals surface area contributed by atoms with Crippen molar-refractivity contribution in [3.8, 4) is 5.75 Å². The Hall–Kier alpha value is -1.51. The van der Waals surface area contributed by atoms with Crippen LogP contribution < -0.4 is 15.4 Å². The summed E-state index contributed by atoms with van der Waals surface area (Å²) in [6, 6.07) is 8.53. The van der Waals surface area contributed by atoms with Crippen LogP contribution in [0.5, 0.6) is 5.75 Å². The van der Waals surface area contributed by atoms with Gasteiger partial charge < -0.3 is 20.3 Å². The van der Waals surface area contributed by atoms with Crippen LogP contribution in [0.1, 0.15) is 58.9 Å². The summed E-state index contributed by atoms with van der Waals surface area (Å²) in [4.78, 5) is 18.8. The van der Waals surface area contributed by atoms with Gasteiger partial charge in [-0.25, -0.2) is 4.99 Å². The summed E-state index contributed by atoms with van der Waals surface area (Å²) in [6.07, 6.45) is 1.89. The number of amides is 1. The molecule has 0 radical (unpaired) electrons. The molecule has 6 nitrogen and oxygen atoms in total. The van der Waals surface area contributed by atoms with Crippen molar-refractivity contribution in [3.05, 3.63) is 29.8 Å². The fourth-order valence-electron chi connectivity index (χ4n) is 3.52. The van der Waals surface area contributed by atoms with Gasteiger partial charge in [0.1, 0.15) is 12.4 Å². The van der Waals surface area contributed by atoms with Crippen LogP contribution in [0.3, 0.4) is 0 Å². The highest BCUT2D eigenvalue weighted by molar-refractivity contribution is 14.0. The Balaban J connectivity index is 0.00000450. The molecule has 1 aliphatic rings. The van der Waals surface area contributed by atoms with Gasteiger partial charge in [0.05, 0.1) is 6.54 Å². The van der Waals surface area contributed by atoms with Crippen LogP contribution in [0.15, 0.2) is 29.3 Å². The van der Waals surface area contributed by atoms with Gasteiger partial charge in [0.15, 0.2) is 5.96 Å². The molecule has 170 valence electrons. The number of nitrogens with one attached hydrogen (secondary N) is 2. The number of rotatable bonds is 8. The van der Waals surface area contributed by atoms with E-state index in [4.69, 9.17) is 4.74 Å². The molecule has 0 atom stereocenters. The average Bonchev–Trinajstić information content (AvgIpc) is 2.71. The molecule has 0 unspecified atom stereocenters. The second-order valence-electron chi connectivity index (χ2n) is 8.20. The van der Waals surface area contributed by atoms with Crippen LogP contribution >= 0.6 is 24.0 Å². The highest BCUT2D eigenvalue weighted by Gasteiger charge is 2.24. The first kappa shape index (κ1) is 26.5. The van der Waals surface area contributed by atoms with Crippen LogP contribution in [0.25, 0.3) is 0 Å². The number of para-hydroxylation sites is 1. The van der Waals surface area contributed by atoms with Gasteiger partial charge in [0, 0.05) is 31.6 Å². The molecular weight excluding hydrogens is 491 g/mol. The minimum Gasteiger partial charge on any atom is -0.491 e. The lowest BCUT2D eigenvalue weighted by Crippen LogP contribution is -2.50. The Labute approximate surface area is 199 Å². The van der Waals surface area contributed by atoms with Crippen molar-refractivity contribution < 1.29 is 9.53 Å².